The zero-order valence-corrected chi connectivity index (χ0v) is 15.8. The van der Waals surface area contributed by atoms with E-state index >= 15 is 0 Å². The Morgan fingerprint density at radius 3 is 2.67 bits per heavy atom. The summed E-state index contributed by atoms with van der Waals surface area (Å²) >= 11 is 0. The number of fused-ring (bicyclic) bond motifs is 1. The second-order valence-corrected chi connectivity index (χ2v) is 6.33. The second-order valence-electron chi connectivity index (χ2n) is 6.33. The maximum absolute atomic E-state index is 11.7. The number of nitrogens with zero attached hydrogens (tertiary/aromatic N) is 6. The van der Waals surface area contributed by atoms with Crippen LogP contribution in [0, 0.1) is 10.1 Å². The number of hydrogen-bond donors (Lipinski definition) is 1. The Morgan fingerprint density at radius 1 is 1.07 bits per heavy atom. The first-order valence-electron chi connectivity index (χ1n) is 8.88. The van der Waals surface area contributed by atoms with Crippen LogP contribution in [-0.2, 0) is 4.79 Å². The molecule has 0 unspecified atom stereocenters. The SMILES string of the molecule is CC(=O)NN(c1ccc2ncccc2c1)c1ncc(-c2cccc([N+](=O)[O-])c2)nn1. The van der Waals surface area contributed by atoms with Crippen LogP contribution in [0.5, 0.6) is 0 Å². The lowest BCUT2D eigenvalue weighted by molar-refractivity contribution is -0.384. The molecule has 30 heavy (non-hydrogen) atoms. The lowest BCUT2D eigenvalue weighted by atomic mass is 10.1. The van der Waals surface area contributed by atoms with Gasteiger partial charge in [0.2, 0.25) is 5.91 Å². The molecule has 4 aromatic rings. The van der Waals surface area contributed by atoms with Gasteiger partial charge in [0.1, 0.15) is 5.69 Å². The molecule has 2 heterocycles. The molecule has 4 rings (SSSR count). The standard InChI is InChI=1S/C20H15N7O3/c1-13(28)25-26(16-7-8-18-14(10-16)5-3-9-21-18)20-22-12-19(23-24-20)15-4-2-6-17(11-15)27(29)30/h2-12H,1H3,(H,25,28). The van der Waals surface area contributed by atoms with Gasteiger partial charge < -0.3 is 0 Å². The Bertz CT molecular complexity index is 1240. The molecule has 10 heteroatoms. The Hall–Kier alpha value is -4.47. The van der Waals surface area contributed by atoms with Crippen molar-refractivity contribution in [3.63, 3.8) is 0 Å². The van der Waals surface area contributed by atoms with Crippen LogP contribution in [-0.4, -0.2) is 31.0 Å². The predicted molar refractivity (Wildman–Crippen MR) is 110 cm³/mol. The largest absolute Gasteiger partial charge is 0.274 e. The molecule has 0 atom stereocenters. The Kier molecular flexibility index (Phi) is 4.95. The van der Waals surface area contributed by atoms with Gasteiger partial charge >= 0.3 is 0 Å². The first kappa shape index (κ1) is 18.9. The first-order chi connectivity index (χ1) is 14.5. The number of nitro groups is 1. The zero-order valence-electron chi connectivity index (χ0n) is 15.8. The molecule has 2 aromatic heterocycles. The van der Waals surface area contributed by atoms with Gasteiger partial charge in [0.05, 0.1) is 22.3 Å². The van der Waals surface area contributed by atoms with Crippen molar-refractivity contribution < 1.29 is 9.72 Å². The Labute approximate surface area is 170 Å². The summed E-state index contributed by atoms with van der Waals surface area (Å²) in [6.07, 6.45) is 3.14. The van der Waals surface area contributed by atoms with Gasteiger partial charge in [-0.1, -0.05) is 18.2 Å². The van der Waals surface area contributed by atoms with Gasteiger partial charge in [-0.3, -0.25) is 25.3 Å². The summed E-state index contributed by atoms with van der Waals surface area (Å²) in [5.41, 5.74) is 4.94. The molecule has 0 saturated heterocycles. The number of benzene rings is 2. The summed E-state index contributed by atoms with van der Waals surface area (Å²) in [6, 6.07) is 15.2. The van der Waals surface area contributed by atoms with Crippen molar-refractivity contribution in [3.05, 3.63) is 77.1 Å². The topological polar surface area (TPSA) is 127 Å². The van der Waals surface area contributed by atoms with E-state index in [1.165, 1.54) is 30.3 Å². The minimum absolute atomic E-state index is 0.0528. The molecule has 0 spiro atoms. The summed E-state index contributed by atoms with van der Waals surface area (Å²) in [5.74, 6) is -0.171. The minimum atomic E-state index is -0.480. The van der Waals surface area contributed by atoms with Crippen molar-refractivity contribution in [2.24, 2.45) is 0 Å². The molecular weight excluding hydrogens is 386 g/mol. The fourth-order valence-electron chi connectivity index (χ4n) is 2.87. The number of non-ortho nitro benzene ring substituents is 1. The maximum Gasteiger partial charge on any atom is 0.270 e. The van der Waals surface area contributed by atoms with Crippen molar-refractivity contribution >= 4 is 34.1 Å². The lowest BCUT2D eigenvalue weighted by Gasteiger charge is -2.22. The molecule has 0 aliphatic heterocycles. The van der Waals surface area contributed by atoms with E-state index in [9.17, 15) is 14.9 Å². The number of nitrogens with one attached hydrogen (secondary N) is 1. The highest BCUT2D eigenvalue weighted by Crippen LogP contribution is 2.25. The van der Waals surface area contributed by atoms with Crippen LogP contribution in [0.1, 0.15) is 6.92 Å². The quantitative estimate of drug-likeness (QED) is 0.399. The smallest absolute Gasteiger partial charge is 0.270 e. The third-order valence-electron chi connectivity index (χ3n) is 4.22. The van der Waals surface area contributed by atoms with Crippen molar-refractivity contribution in [1.82, 2.24) is 25.6 Å². The molecule has 148 valence electrons. The van der Waals surface area contributed by atoms with E-state index in [1.54, 1.807) is 24.4 Å². The number of hydrogen-bond acceptors (Lipinski definition) is 8. The van der Waals surface area contributed by atoms with Gasteiger partial charge in [0.15, 0.2) is 0 Å². The average Bonchev–Trinajstić information content (AvgIpc) is 2.77. The summed E-state index contributed by atoms with van der Waals surface area (Å²) < 4.78 is 0. The van der Waals surface area contributed by atoms with Gasteiger partial charge in [0.25, 0.3) is 11.6 Å². The van der Waals surface area contributed by atoms with E-state index in [0.717, 1.165) is 10.9 Å². The molecule has 1 N–H and O–H groups in total. The molecule has 0 radical (unpaired) electrons. The highest BCUT2D eigenvalue weighted by Gasteiger charge is 2.16. The number of hydrazine groups is 1. The van der Waals surface area contributed by atoms with E-state index in [4.69, 9.17) is 0 Å². The number of rotatable bonds is 5. The number of aromatic nitrogens is 4. The van der Waals surface area contributed by atoms with Crippen LogP contribution in [0.3, 0.4) is 0 Å². The number of amides is 1. The van der Waals surface area contributed by atoms with Gasteiger partial charge in [0, 0.05) is 36.2 Å². The van der Waals surface area contributed by atoms with Crippen LogP contribution in [0.15, 0.2) is 67.0 Å². The highest BCUT2D eigenvalue weighted by atomic mass is 16.6. The third kappa shape index (κ3) is 3.87. The first-order valence-corrected chi connectivity index (χ1v) is 8.88. The fourth-order valence-corrected chi connectivity index (χ4v) is 2.87. The Balaban J connectivity index is 1.70. The van der Waals surface area contributed by atoms with Crippen molar-refractivity contribution in [2.45, 2.75) is 6.92 Å². The summed E-state index contributed by atoms with van der Waals surface area (Å²) in [6.45, 7) is 1.38. The minimum Gasteiger partial charge on any atom is -0.274 e. The second kappa shape index (κ2) is 7.87. The van der Waals surface area contributed by atoms with E-state index in [0.29, 0.717) is 16.9 Å². The molecule has 0 fully saturated rings. The van der Waals surface area contributed by atoms with Gasteiger partial charge in [-0.05, 0) is 24.3 Å². The van der Waals surface area contributed by atoms with Crippen molar-refractivity contribution in [1.29, 1.82) is 0 Å². The van der Waals surface area contributed by atoms with Gasteiger partial charge in [-0.15, -0.1) is 10.2 Å². The zero-order chi connectivity index (χ0) is 21.1. The highest BCUT2D eigenvalue weighted by molar-refractivity contribution is 5.84. The van der Waals surface area contributed by atoms with Crippen LogP contribution in [0.2, 0.25) is 0 Å². The molecule has 0 bridgehead atoms. The average molecular weight is 401 g/mol. The van der Waals surface area contributed by atoms with E-state index in [1.807, 2.05) is 24.3 Å². The monoisotopic (exact) mass is 401 g/mol. The molecule has 10 nitrogen and oxygen atoms in total. The third-order valence-corrected chi connectivity index (χ3v) is 4.22. The van der Waals surface area contributed by atoms with Gasteiger partial charge in [-0.25, -0.2) is 9.99 Å². The summed E-state index contributed by atoms with van der Waals surface area (Å²) in [7, 11) is 0. The molecule has 2 aromatic carbocycles. The normalized spacial score (nSPS) is 10.6. The van der Waals surface area contributed by atoms with E-state index in [2.05, 4.69) is 25.6 Å². The van der Waals surface area contributed by atoms with Crippen LogP contribution < -0.4 is 10.4 Å². The van der Waals surface area contributed by atoms with Crippen molar-refractivity contribution in [3.8, 4) is 11.3 Å². The van der Waals surface area contributed by atoms with Crippen LogP contribution in [0.4, 0.5) is 17.3 Å². The van der Waals surface area contributed by atoms with Crippen molar-refractivity contribution in [2.75, 3.05) is 5.01 Å². The molecule has 0 aliphatic carbocycles. The molecular formula is C20H15N7O3. The lowest BCUT2D eigenvalue weighted by Crippen LogP contribution is -2.38. The predicted octanol–water partition coefficient (Wildman–Crippen LogP) is 3.18. The summed E-state index contributed by atoms with van der Waals surface area (Å²) in [5, 5.41) is 21.5. The molecule has 0 saturated carbocycles. The molecule has 0 aliphatic rings. The summed E-state index contributed by atoms with van der Waals surface area (Å²) in [4.78, 5) is 30.8. The number of carbonyl (C=O) groups is 1. The van der Waals surface area contributed by atoms with E-state index < -0.39 is 4.92 Å². The van der Waals surface area contributed by atoms with Crippen LogP contribution in [0.25, 0.3) is 22.2 Å². The maximum atomic E-state index is 11.7. The number of carbonyl (C=O) groups excluding carboxylic acids is 1. The number of anilines is 2. The molecule has 1 amide bonds. The van der Waals surface area contributed by atoms with Gasteiger partial charge in [-0.2, -0.15) is 0 Å². The number of nitro benzene ring substituents is 1. The van der Waals surface area contributed by atoms with E-state index in [-0.39, 0.29) is 17.5 Å². The Morgan fingerprint density at radius 2 is 1.93 bits per heavy atom. The fraction of sp³-hybridized carbons (Fsp3) is 0.0500. The van der Waals surface area contributed by atoms with Crippen LogP contribution >= 0.6 is 0 Å². The number of pyridine rings is 1.